The Kier molecular flexibility index (Phi) is 8.22. The molecule has 29 heavy (non-hydrogen) atoms. The monoisotopic (exact) mass is 462 g/mol. The van der Waals surface area contributed by atoms with Gasteiger partial charge in [-0.05, 0) is 54.7 Å². The van der Waals surface area contributed by atoms with Gasteiger partial charge in [-0.1, -0.05) is 48.0 Å². The van der Waals surface area contributed by atoms with Gasteiger partial charge in [0.25, 0.3) is 0 Å². The largest absolute Gasteiger partial charge is 0.513 e. The number of hydrogen-bond donors (Lipinski definition) is 1. The average molecular weight is 463 g/mol. The fourth-order valence-corrected chi connectivity index (χ4v) is 3.46. The molecule has 0 aliphatic carbocycles. The van der Waals surface area contributed by atoms with Gasteiger partial charge in [-0.3, -0.25) is 4.79 Å². The fourth-order valence-electron chi connectivity index (χ4n) is 2.76. The maximum Gasteiger partial charge on any atom is 0.513 e. The number of nitrogens with zero attached hydrogens (tertiary/aromatic N) is 1. The Hall–Kier alpha value is -2.38. The van der Waals surface area contributed by atoms with Crippen LogP contribution in [0.2, 0.25) is 0 Å². The van der Waals surface area contributed by atoms with Crippen LogP contribution in [0.15, 0.2) is 46.9 Å². The Morgan fingerprint density at radius 3 is 2.41 bits per heavy atom. The molecule has 0 bridgehead atoms. The number of halogens is 1. The number of carbonyl (C=O) groups excluding carboxylic acids is 2. The van der Waals surface area contributed by atoms with Crippen molar-refractivity contribution < 1.29 is 19.1 Å². The van der Waals surface area contributed by atoms with E-state index in [1.54, 1.807) is 24.1 Å². The number of likely N-dealkylation sites (N-methyl/N-ethyl adjacent to an activating group) is 1. The van der Waals surface area contributed by atoms with Gasteiger partial charge in [0.1, 0.15) is 5.75 Å². The van der Waals surface area contributed by atoms with E-state index in [9.17, 15) is 9.59 Å². The quantitative estimate of drug-likeness (QED) is 0.484. The number of ether oxygens (including phenoxy) is 2. The Morgan fingerprint density at radius 2 is 1.83 bits per heavy atom. The first-order chi connectivity index (χ1) is 13.7. The van der Waals surface area contributed by atoms with E-state index >= 15 is 0 Å². The van der Waals surface area contributed by atoms with Crippen LogP contribution in [0.5, 0.6) is 5.75 Å². The van der Waals surface area contributed by atoms with Gasteiger partial charge in [-0.25, -0.2) is 4.79 Å². The predicted octanol–water partition coefficient (Wildman–Crippen LogP) is 4.46. The van der Waals surface area contributed by atoms with Crippen molar-refractivity contribution in [2.75, 3.05) is 18.6 Å². The lowest BCUT2D eigenvalue weighted by molar-refractivity contribution is -0.119. The van der Waals surface area contributed by atoms with Gasteiger partial charge < -0.3 is 20.1 Å². The van der Waals surface area contributed by atoms with E-state index in [0.29, 0.717) is 18.8 Å². The van der Waals surface area contributed by atoms with Crippen molar-refractivity contribution >= 4 is 33.7 Å². The van der Waals surface area contributed by atoms with E-state index in [4.69, 9.17) is 15.2 Å². The smallest absolute Gasteiger partial charge is 0.434 e. The van der Waals surface area contributed by atoms with Crippen LogP contribution >= 0.6 is 15.9 Å². The molecule has 7 heteroatoms. The number of carbonyl (C=O) groups is 2. The van der Waals surface area contributed by atoms with E-state index in [0.717, 1.165) is 21.3 Å². The lowest BCUT2D eigenvalue weighted by Gasteiger charge is -2.22. The van der Waals surface area contributed by atoms with Crippen molar-refractivity contribution in [3.8, 4) is 5.75 Å². The molecule has 2 rings (SSSR count). The third-order valence-corrected chi connectivity index (χ3v) is 5.05. The number of benzene rings is 2. The molecular formula is C22H27BrN2O4. The summed E-state index contributed by atoms with van der Waals surface area (Å²) < 4.78 is 11.0. The number of hydrogen-bond acceptors (Lipinski definition) is 5. The number of aryl methyl sites for hydroxylation is 1. The molecule has 0 aromatic heterocycles. The summed E-state index contributed by atoms with van der Waals surface area (Å²) in [6.45, 7) is 6.07. The first-order valence-corrected chi connectivity index (χ1v) is 10.2. The molecule has 156 valence electrons. The molecule has 0 radical (unpaired) electrons. The van der Waals surface area contributed by atoms with Gasteiger partial charge >= 0.3 is 6.16 Å². The molecule has 1 amide bonds. The molecule has 0 spiro atoms. The molecule has 0 unspecified atom stereocenters. The second kappa shape index (κ2) is 10.4. The van der Waals surface area contributed by atoms with E-state index in [1.807, 2.05) is 51.1 Å². The highest BCUT2D eigenvalue weighted by Crippen LogP contribution is 2.28. The summed E-state index contributed by atoms with van der Waals surface area (Å²) in [5, 5.41) is 0. The third kappa shape index (κ3) is 6.58. The number of amides is 1. The second-order valence-corrected chi connectivity index (χ2v) is 8.16. The van der Waals surface area contributed by atoms with Crippen molar-refractivity contribution in [2.45, 2.75) is 33.2 Å². The molecular weight excluding hydrogens is 436 g/mol. The average Bonchev–Trinajstić information content (AvgIpc) is 2.68. The number of para-hydroxylation sites is 1. The zero-order valence-corrected chi connectivity index (χ0v) is 18.7. The van der Waals surface area contributed by atoms with Gasteiger partial charge in [-0.2, -0.15) is 0 Å². The molecule has 1 atom stereocenters. The third-order valence-electron chi connectivity index (χ3n) is 4.34. The maximum atomic E-state index is 12.7. The van der Waals surface area contributed by atoms with Crippen molar-refractivity contribution in [2.24, 2.45) is 11.7 Å². The molecule has 0 heterocycles. The van der Waals surface area contributed by atoms with Crippen molar-refractivity contribution in [1.29, 1.82) is 0 Å². The van der Waals surface area contributed by atoms with Crippen LogP contribution in [0.4, 0.5) is 10.5 Å². The van der Waals surface area contributed by atoms with Crippen LogP contribution in [0.1, 0.15) is 25.0 Å². The normalized spacial score (nSPS) is 11.8. The topological polar surface area (TPSA) is 81.9 Å². The summed E-state index contributed by atoms with van der Waals surface area (Å²) >= 11 is 3.50. The highest BCUT2D eigenvalue weighted by Gasteiger charge is 2.22. The van der Waals surface area contributed by atoms with E-state index < -0.39 is 12.2 Å². The molecule has 2 N–H and O–H groups in total. The molecule has 0 aliphatic heterocycles. The van der Waals surface area contributed by atoms with Crippen LogP contribution < -0.4 is 15.4 Å². The van der Waals surface area contributed by atoms with Gasteiger partial charge in [0, 0.05) is 17.2 Å². The van der Waals surface area contributed by atoms with Crippen molar-refractivity contribution in [1.82, 2.24) is 0 Å². The van der Waals surface area contributed by atoms with Crippen LogP contribution in [-0.2, 0) is 16.0 Å². The van der Waals surface area contributed by atoms with E-state index in [1.165, 1.54) is 0 Å². The van der Waals surface area contributed by atoms with Gasteiger partial charge in [0.05, 0.1) is 12.6 Å². The SMILES string of the molecule is Cc1cc(OC(=O)OCC(C)C)cc(Br)c1C[C@H](N)C(=O)N(C)c1ccccc1. The number of anilines is 1. The summed E-state index contributed by atoms with van der Waals surface area (Å²) in [6, 6.07) is 12.0. The van der Waals surface area contributed by atoms with Gasteiger partial charge in [0.15, 0.2) is 0 Å². The molecule has 0 saturated heterocycles. The maximum absolute atomic E-state index is 12.7. The van der Waals surface area contributed by atoms with Gasteiger partial charge in [-0.15, -0.1) is 0 Å². The van der Waals surface area contributed by atoms with E-state index in [2.05, 4.69) is 15.9 Å². The summed E-state index contributed by atoms with van der Waals surface area (Å²) in [5.41, 5.74) is 8.72. The first kappa shape index (κ1) is 22.9. The van der Waals surface area contributed by atoms with Crippen LogP contribution in [0.25, 0.3) is 0 Å². The summed E-state index contributed by atoms with van der Waals surface area (Å²) in [6.07, 6.45) is -0.394. The summed E-state index contributed by atoms with van der Waals surface area (Å²) in [4.78, 5) is 26.0. The van der Waals surface area contributed by atoms with Crippen LogP contribution in [0, 0.1) is 12.8 Å². The minimum atomic E-state index is -0.742. The molecule has 6 nitrogen and oxygen atoms in total. The van der Waals surface area contributed by atoms with Crippen LogP contribution in [0.3, 0.4) is 0 Å². The molecule has 0 aliphatic rings. The Balaban J connectivity index is 2.07. The second-order valence-electron chi connectivity index (χ2n) is 7.30. The minimum Gasteiger partial charge on any atom is -0.434 e. The Labute approximate surface area is 180 Å². The van der Waals surface area contributed by atoms with Crippen molar-refractivity contribution in [3.63, 3.8) is 0 Å². The zero-order chi connectivity index (χ0) is 21.6. The molecule has 2 aromatic rings. The number of rotatable bonds is 7. The highest BCUT2D eigenvalue weighted by molar-refractivity contribution is 9.10. The van der Waals surface area contributed by atoms with Crippen LogP contribution in [-0.4, -0.2) is 31.8 Å². The zero-order valence-electron chi connectivity index (χ0n) is 17.1. The molecule has 0 saturated carbocycles. The summed E-state index contributed by atoms with van der Waals surface area (Å²) in [5.74, 6) is 0.416. The standard InChI is InChI=1S/C22H27BrN2O4/c1-14(2)13-28-22(27)29-17-10-15(3)18(19(23)11-17)12-20(24)21(26)25(4)16-8-6-5-7-9-16/h5-11,14,20H,12-13,24H2,1-4H3/t20-/m0/s1. The first-order valence-electron chi connectivity index (χ1n) is 9.40. The van der Waals surface area contributed by atoms with Gasteiger partial charge in [0.2, 0.25) is 5.91 Å². The lowest BCUT2D eigenvalue weighted by atomic mass is 10.0. The Bertz CT molecular complexity index is 832. The number of nitrogens with two attached hydrogens (primary N) is 1. The fraction of sp³-hybridized carbons (Fsp3) is 0.364. The van der Waals surface area contributed by atoms with E-state index in [-0.39, 0.29) is 11.8 Å². The molecule has 2 aromatic carbocycles. The lowest BCUT2D eigenvalue weighted by Crippen LogP contribution is -2.43. The highest BCUT2D eigenvalue weighted by atomic mass is 79.9. The minimum absolute atomic E-state index is 0.180. The molecule has 0 fully saturated rings. The summed E-state index contributed by atoms with van der Waals surface area (Å²) in [7, 11) is 1.71. The Morgan fingerprint density at radius 1 is 1.17 bits per heavy atom. The van der Waals surface area contributed by atoms with Crippen molar-refractivity contribution in [3.05, 3.63) is 58.1 Å². The predicted molar refractivity (Wildman–Crippen MR) is 117 cm³/mol.